The van der Waals surface area contributed by atoms with Gasteiger partial charge in [-0.2, -0.15) is 5.10 Å². The van der Waals surface area contributed by atoms with Crippen LogP contribution >= 0.6 is 12.4 Å². The van der Waals surface area contributed by atoms with Gasteiger partial charge in [-0.3, -0.25) is 9.48 Å². The minimum Gasteiger partial charge on any atom is -0.508 e. The number of benzene rings is 1. The van der Waals surface area contributed by atoms with Gasteiger partial charge in [-0.25, -0.2) is 0 Å². The summed E-state index contributed by atoms with van der Waals surface area (Å²) in [6.07, 6.45) is 5.95. The van der Waals surface area contributed by atoms with Gasteiger partial charge in [-0.1, -0.05) is 6.07 Å². The summed E-state index contributed by atoms with van der Waals surface area (Å²) in [5.41, 5.74) is 1.66. The van der Waals surface area contributed by atoms with Crippen molar-refractivity contribution >= 4 is 18.3 Å². The van der Waals surface area contributed by atoms with Crippen LogP contribution in [0.15, 0.2) is 36.7 Å². The summed E-state index contributed by atoms with van der Waals surface area (Å²) in [6.45, 7) is 2.90. The van der Waals surface area contributed by atoms with Crippen LogP contribution in [0.1, 0.15) is 24.0 Å². The second kappa shape index (κ2) is 7.06. The number of aromatic hydroxyl groups is 1. The van der Waals surface area contributed by atoms with Gasteiger partial charge in [0.15, 0.2) is 0 Å². The van der Waals surface area contributed by atoms with E-state index in [1.807, 2.05) is 27.9 Å². The van der Waals surface area contributed by atoms with Gasteiger partial charge in [-0.15, -0.1) is 12.4 Å². The molecule has 0 atom stereocenters. The molecule has 1 aromatic heterocycles. The van der Waals surface area contributed by atoms with Gasteiger partial charge in [0.05, 0.1) is 0 Å². The van der Waals surface area contributed by atoms with Crippen LogP contribution in [0.25, 0.3) is 0 Å². The number of nitrogens with zero attached hydrogens (tertiary/aromatic N) is 3. The molecule has 0 unspecified atom stereocenters. The Morgan fingerprint density at radius 3 is 2.76 bits per heavy atom. The lowest BCUT2D eigenvalue weighted by Crippen LogP contribution is -2.56. The first-order valence-electron chi connectivity index (χ1n) is 8.50. The van der Waals surface area contributed by atoms with Crippen molar-refractivity contribution in [2.75, 3.05) is 19.6 Å². The summed E-state index contributed by atoms with van der Waals surface area (Å²) >= 11 is 0. The monoisotopic (exact) mass is 362 g/mol. The zero-order chi connectivity index (χ0) is 16.6. The molecule has 7 heteroatoms. The summed E-state index contributed by atoms with van der Waals surface area (Å²) < 4.78 is 1.84. The van der Waals surface area contributed by atoms with Gasteiger partial charge in [0.25, 0.3) is 5.91 Å². The molecule has 0 bridgehead atoms. The molecular weight excluding hydrogens is 340 g/mol. The van der Waals surface area contributed by atoms with E-state index < -0.39 is 5.54 Å². The Labute approximate surface area is 153 Å². The van der Waals surface area contributed by atoms with Crippen molar-refractivity contribution in [3.8, 4) is 5.75 Å². The topological polar surface area (TPSA) is 70.4 Å². The van der Waals surface area contributed by atoms with Crippen molar-refractivity contribution in [3.05, 3.63) is 47.8 Å². The van der Waals surface area contributed by atoms with Crippen LogP contribution in [-0.4, -0.2) is 45.3 Å². The molecule has 4 rings (SSSR count). The van der Waals surface area contributed by atoms with E-state index in [1.54, 1.807) is 18.3 Å². The number of phenolic OH excluding ortho intramolecular Hbond substituents is 1. The first kappa shape index (κ1) is 17.8. The molecule has 25 heavy (non-hydrogen) atoms. The summed E-state index contributed by atoms with van der Waals surface area (Å²) in [5, 5.41) is 17.5. The van der Waals surface area contributed by atoms with Crippen molar-refractivity contribution in [2.24, 2.45) is 0 Å². The Hall–Kier alpha value is -2.05. The number of piperidine rings is 1. The van der Waals surface area contributed by atoms with E-state index in [9.17, 15) is 9.90 Å². The zero-order valence-corrected chi connectivity index (χ0v) is 14.8. The van der Waals surface area contributed by atoms with Gasteiger partial charge >= 0.3 is 0 Å². The van der Waals surface area contributed by atoms with Crippen LogP contribution in [0.3, 0.4) is 0 Å². The molecule has 3 heterocycles. The average molecular weight is 363 g/mol. The number of amides is 1. The summed E-state index contributed by atoms with van der Waals surface area (Å²) in [7, 11) is 0. The fourth-order valence-corrected chi connectivity index (χ4v) is 3.91. The van der Waals surface area contributed by atoms with E-state index in [2.05, 4.69) is 10.4 Å². The minimum absolute atomic E-state index is 0. The van der Waals surface area contributed by atoms with E-state index in [-0.39, 0.29) is 24.1 Å². The molecule has 1 amide bonds. The predicted octanol–water partition coefficient (Wildman–Crippen LogP) is 1.67. The Bertz CT molecular complexity index is 742. The smallest absolute Gasteiger partial charge is 0.250 e. The fourth-order valence-electron chi connectivity index (χ4n) is 3.91. The fraction of sp³-hybridized carbons (Fsp3) is 0.444. The second-order valence-corrected chi connectivity index (χ2v) is 6.66. The quantitative estimate of drug-likeness (QED) is 0.852. The number of aromatic nitrogens is 2. The molecule has 1 fully saturated rings. The lowest BCUT2D eigenvalue weighted by atomic mass is 9.85. The van der Waals surface area contributed by atoms with Crippen LogP contribution in [-0.2, 0) is 23.3 Å². The lowest BCUT2D eigenvalue weighted by molar-refractivity contribution is -0.144. The van der Waals surface area contributed by atoms with E-state index in [1.165, 1.54) is 5.56 Å². The van der Waals surface area contributed by atoms with E-state index >= 15 is 0 Å². The first-order chi connectivity index (χ1) is 11.7. The number of halogens is 1. The molecule has 2 N–H and O–H groups in total. The highest BCUT2D eigenvalue weighted by Gasteiger charge is 2.44. The second-order valence-electron chi connectivity index (χ2n) is 6.66. The number of carbonyl (C=O) groups excluding carboxylic acids is 1. The number of hydrogen-bond donors (Lipinski definition) is 2. The third-order valence-electron chi connectivity index (χ3n) is 5.26. The zero-order valence-electron chi connectivity index (χ0n) is 14.0. The van der Waals surface area contributed by atoms with Crippen LogP contribution in [0.4, 0.5) is 0 Å². The number of carbonyl (C=O) groups is 1. The summed E-state index contributed by atoms with van der Waals surface area (Å²) in [5.74, 6) is 0.397. The van der Waals surface area contributed by atoms with Crippen molar-refractivity contribution in [1.29, 1.82) is 0 Å². The van der Waals surface area contributed by atoms with Crippen molar-refractivity contribution in [3.63, 3.8) is 0 Å². The van der Waals surface area contributed by atoms with E-state index in [0.717, 1.165) is 37.9 Å². The number of rotatable bonds is 2. The molecule has 0 spiro atoms. The molecule has 0 saturated carbocycles. The van der Waals surface area contributed by atoms with Crippen LogP contribution in [0.2, 0.25) is 0 Å². The van der Waals surface area contributed by atoms with Gasteiger partial charge < -0.3 is 15.3 Å². The average Bonchev–Trinajstić information content (AvgIpc) is 3.16. The molecule has 1 aromatic carbocycles. The molecule has 2 aliphatic rings. The van der Waals surface area contributed by atoms with Crippen LogP contribution < -0.4 is 5.32 Å². The van der Waals surface area contributed by atoms with Crippen molar-refractivity contribution in [1.82, 2.24) is 20.0 Å². The number of phenols is 1. The van der Waals surface area contributed by atoms with Crippen LogP contribution in [0, 0.1) is 0 Å². The van der Waals surface area contributed by atoms with Crippen molar-refractivity contribution < 1.29 is 9.90 Å². The van der Waals surface area contributed by atoms with Crippen LogP contribution in [0.5, 0.6) is 5.75 Å². The molecule has 0 radical (unpaired) electrons. The normalized spacial score (nSPS) is 19.0. The molecule has 134 valence electrons. The molecule has 0 aliphatic carbocycles. The number of nitrogens with one attached hydrogen (secondary N) is 1. The van der Waals surface area contributed by atoms with Crippen molar-refractivity contribution in [2.45, 2.75) is 31.3 Å². The predicted molar refractivity (Wildman–Crippen MR) is 96.8 cm³/mol. The largest absolute Gasteiger partial charge is 0.508 e. The highest BCUT2D eigenvalue weighted by atomic mass is 35.5. The maximum atomic E-state index is 13.4. The van der Waals surface area contributed by atoms with Gasteiger partial charge in [-0.05, 0) is 61.7 Å². The minimum atomic E-state index is -0.594. The number of fused-ring (bicyclic) bond motifs is 1. The Kier molecular flexibility index (Phi) is 5.01. The Morgan fingerprint density at radius 1 is 1.24 bits per heavy atom. The maximum absolute atomic E-state index is 13.4. The third kappa shape index (κ3) is 3.12. The van der Waals surface area contributed by atoms with E-state index in [4.69, 9.17) is 0 Å². The van der Waals surface area contributed by atoms with E-state index in [0.29, 0.717) is 13.1 Å². The third-order valence-corrected chi connectivity index (χ3v) is 5.26. The van der Waals surface area contributed by atoms with Gasteiger partial charge in [0.2, 0.25) is 0 Å². The maximum Gasteiger partial charge on any atom is 0.250 e. The molecule has 2 aliphatic heterocycles. The Morgan fingerprint density at radius 2 is 2.04 bits per heavy atom. The molecule has 6 nitrogen and oxygen atoms in total. The highest BCUT2D eigenvalue weighted by molar-refractivity contribution is 5.85. The van der Waals surface area contributed by atoms with Gasteiger partial charge in [0, 0.05) is 25.5 Å². The first-order valence-corrected chi connectivity index (χ1v) is 8.50. The highest BCUT2D eigenvalue weighted by Crippen LogP contribution is 2.32. The molecule has 2 aromatic rings. The SMILES string of the molecule is Cl.O=C(N1CCc2ccc(O)cc2C1)C1(n2cccn2)CCNCC1. The molecule has 1 saturated heterocycles. The summed E-state index contributed by atoms with van der Waals surface area (Å²) in [6, 6.07) is 7.33. The van der Waals surface area contributed by atoms with Gasteiger partial charge in [0.1, 0.15) is 11.3 Å². The number of hydrogen-bond acceptors (Lipinski definition) is 4. The molecular formula is C18H23ClN4O2. The Balaban J connectivity index is 0.00000182. The standard InChI is InChI=1S/C18H22N4O2.ClH/c23-16-3-2-14-4-11-21(13-15(14)12-16)17(24)18(5-8-19-9-6-18)22-10-1-7-20-22;/h1-3,7,10,12,19,23H,4-6,8-9,11,13H2;1H. The summed E-state index contributed by atoms with van der Waals surface area (Å²) in [4.78, 5) is 15.4. The lowest BCUT2D eigenvalue weighted by Gasteiger charge is -2.41.